The van der Waals surface area contributed by atoms with Gasteiger partial charge < -0.3 is 9.73 Å². The second-order valence-electron chi connectivity index (χ2n) is 4.34. The third-order valence-electron chi connectivity index (χ3n) is 2.95. The summed E-state index contributed by atoms with van der Waals surface area (Å²) in [7, 11) is 0. The molecule has 0 fully saturated rings. The first-order valence-corrected chi connectivity index (χ1v) is 6.14. The third-order valence-corrected chi connectivity index (χ3v) is 2.95. The average Bonchev–Trinajstić information content (AvgIpc) is 2.82. The van der Waals surface area contributed by atoms with Gasteiger partial charge in [-0.1, -0.05) is 48.5 Å². The van der Waals surface area contributed by atoms with Crippen LogP contribution in [0.1, 0.15) is 11.3 Å². The van der Waals surface area contributed by atoms with Crippen molar-refractivity contribution in [2.24, 2.45) is 0 Å². The second kappa shape index (κ2) is 5.07. The molecule has 1 N–H and O–H groups in total. The Morgan fingerprint density at radius 3 is 2.44 bits per heavy atom. The Balaban J connectivity index is 1.63. The molecule has 1 heterocycles. The Morgan fingerprint density at radius 2 is 1.61 bits per heavy atom. The number of rotatable bonds is 4. The van der Waals surface area contributed by atoms with Crippen LogP contribution >= 0.6 is 0 Å². The molecule has 90 valence electrons. The fraction of sp³-hybridized carbons (Fsp3) is 0.125. The van der Waals surface area contributed by atoms with Gasteiger partial charge in [-0.2, -0.15) is 0 Å². The van der Waals surface area contributed by atoms with Crippen molar-refractivity contribution < 1.29 is 4.42 Å². The molecule has 0 aliphatic heterocycles. The van der Waals surface area contributed by atoms with Crippen molar-refractivity contribution in [3.05, 3.63) is 72.0 Å². The number of nitrogens with one attached hydrogen (secondary N) is 1. The molecule has 0 bridgehead atoms. The molecule has 0 aliphatic carbocycles. The van der Waals surface area contributed by atoms with E-state index >= 15 is 0 Å². The van der Waals surface area contributed by atoms with E-state index in [1.807, 2.05) is 24.3 Å². The van der Waals surface area contributed by atoms with Gasteiger partial charge in [0, 0.05) is 11.9 Å². The molecule has 18 heavy (non-hydrogen) atoms. The Labute approximate surface area is 106 Å². The molecule has 2 aromatic carbocycles. The van der Waals surface area contributed by atoms with E-state index in [1.54, 1.807) is 0 Å². The zero-order valence-corrected chi connectivity index (χ0v) is 10.1. The van der Waals surface area contributed by atoms with E-state index in [2.05, 4.69) is 41.7 Å². The van der Waals surface area contributed by atoms with E-state index in [1.165, 1.54) is 5.56 Å². The van der Waals surface area contributed by atoms with E-state index in [-0.39, 0.29) is 0 Å². The highest BCUT2D eigenvalue weighted by molar-refractivity contribution is 5.77. The largest absolute Gasteiger partial charge is 0.460 e. The second-order valence-corrected chi connectivity index (χ2v) is 4.34. The van der Waals surface area contributed by atoms with E-state index in [4.69, 9.17) is 4.42 Å². The molecular weight excluding hydrogens is 222 g/mol. The Kier molecular flexibility index (Phi) is 3.11. The van der Waals surface area contributed by atoms with Crippen LogP contribution < -0.4 is 5.32 Å². The van der Waals surface area contributed by atoms with Gasteiger partial charge in [0.1, 0.15) is 11.3 Å². The number of fused-ring (bicyclic) bond motifs is 1. The quantitative estimate of drug-likeness (QED) is 0.748. The van der Waals surface area contributed by atoms with Crippen molar-refractivity contribution in [3.8, 4) is 0 Å². The lowest BCUT2D eigenvalue weighted by atomic mass is 10.2. The van der Waals surface area contributed by atoms with Crippen LogP contribution in [0.5, 0.6) is 0 Å². The first-order chi connectivity index (χ1) is 8.92. The number of benzene rings is 2. The van der Waals surface area contributed by atoms with Crippen LogP contribution in [-0.4, -0.2) is 0 Å². The van der Waals surface area contributed by atoms with E-state index in [0.717, 1.165) is 29.8 Å². The van der Waals surface area contributed by atoms with Gasteiger partial charge >= 0.3 is 0 Å². The van der Waals surface area contributed by atoms with Gasteiger partial charge in [0.05, 0.1) is 6.54 Å². The summed E-state index contributed by atoms with van der Waals surface area (Å²) < 4.78 is 5.74. The summed E-state index contributed by atoms with van der Waals surface area (Å²) in [5.74, 6) is 0.979. The van der Waals surface area contributed by atoms with Gasteiger partial charge in [0.2, 0.25) is 0 Å². The van der Waals surface area contributed by atoms with Crippen molar-refractivity contribution >= 4 is 11.0 Å². The predicted octanol–water partition coefficient (Wildman–Crippen LogP) is 3.72. The molecule has 0 aliphatic rings. The highest BCUT2D eigenvalue weighted by atomic mass is 16.3. The molecule has 2 nitrogen and oxygen atoms in total. The highest BCUT2D eigenvalue weighted by Gasteiger charge is 2.02. The zero-order valence-electron chi connectivity index (χ0n) is 10.1. The Morgan fingerprint density at radius 1 is 0.833 bits per heavy atom. The van der Waals surface area contributed by atoms with E-state index in [9.17, 15) is 0 Å². The van der Waals surface area contributed by atoms with Crippen LogP contribution in [0.25, 0.3) is 11.0 Å². The van der Waals surface area contributed by atoms with Crippen LogP contribution in [0.4, 0.5) is 0 Å². The maximum Gasteiger partial charge on any atom is 0.134 e. The van der Waals surface area contributed by atoms with Crippen molar-refractivity contribution in [2.45, 2.75) is 13.1 Å². The number of para-hydroxylation sites is 1. The van der Waals surface area contributed by atoms with Crippen LogP contribution in [0.2, 0.25) is 0 Å². The molecule has 0 saturated carbocycles. The fourth-order valence-corrected chi connectivity index (χ4v) is 2.05. The molecule has 0 spiro atoms. The highest BCUT2D eigenvalue weighted by Crippen LogP contribution is 2.18. The van der Waals surface area contributed by atoms with Crippen molar-refractivity contribution in [1.82, 2.24) is 5.32 Å². The number of furan rings is 1. The van der Waals surface area contributed by atoms with Crippen LogP contribution in [0.3, 0.4) is 0 Å². The summed E-state index contributed by atoms with van der Waals surface area (Å²) in [6.45, 7) is 1.61. The molecule has 0 radical (unpaired) electrons. The molecule has 0 atom stereocenters. The maximum atomic E-state index is 5.74. The minimum absolute atomic E-state index is 0.754. The van der Waals surface area contributed by atoms with Gasteiger partial charge in [-0.3, -0.25) is 0 Å². The molecule has 3 rings (SSSR count). The Bertz CT molecular complexity index is 595. The molecule has 0 saturated heterocycles. The summed E-state index contributed by atoms with van der Waals surface area (Å²) in [6, 6.07) is 20.5. The lowest BCUT2D eigenvalue weighted by molar-refractivity contribution is 0.514. The van der Waals surface area contributed by atoms with Crippen molar-refractivity contribution in [2.75, 3.05) is 0 Å². The zero-order chi connectivity index (χ0) is 12.2. The third kappa shape index (κ3) is 2.44. The first-order valence-electron chi connectivity index (χ1n) is 6.14. The summed E-state index contributed by atoms with van der Waals surface area (Å²) in [4.78, 5) is 0. The average molecular weight is 237 g/mol. The smallest absolute Gasteiger partial charge is 0.134 e. The van der Waals surface area contributed by atoms with Crippen LogP contribution in [-0.2, 0) is 13.1 Å². The maximum absolute atomic E-state index is 5.74. The minimum Gasteiger partial charge on any atom is -0.460 e. The number of hydrogen-bond donors (Lipinski definition) is 1. The lowest BCUT2D eigenvalue weighted by Crippen LogP contribution is -2.11. The Hall–Kier alpha value is -2.06. The first kappa shape index (κ1) is 11.1. The van der Waals surface area contributed by atoms with Crippen LogP contribution in [0, 0.1) is 0 Å². The van der Waals surface area contributed by atoms with Crippen molar-refractivity contribution in [3.63, 3.8) is 0 Å². The van der Waals surface area contributed by atoms with Gasteiger partial charge in [0.15, 0.2) is 0 Å². The SMILES string of the molecule is c1ccc(CNCc2cc3ccccc3o2)cc1. The topological polar surface area (TPSA) is 25.2 Å². The van der Waals surface area contributed by atoms with Crippen LogP contribution in [0.15, 0.2) is 65.1 Å². The lowest BCUT2D eigenvalue weighted by Gasteiger charge is -2.02. The standard InChI is InChI=1S/C16H15NO/c1-2-6-13(7-3-1)11-17-12-15-10-14-8-4-5-9-16(14)18-15/h1-10,17H,11-12H2. The fourth-order valence-electron chi connectivity index (χ4n) is 2.05. The summed E-state index contributed by atoms with van der Waals surface area (Å²) in [5.41, 5.74) is 2.24. The molecule has 0 unspecified atom stereocenters. The van der Waals surface area contributed by atoms with E-state index < -0.39 is 0 Å². The molecule has 3 aromatic rings. The van der Waals surface area contributed by atoms with Crippen molar-refractivity contribution in [1.29, 1.82) is 0 Å². The summed E-state index contributed by atoms with van der Waals surface area (Å²) in [6.07, 6.45) is 0. The molecule has 2 heteroatoms. The minimum atomic E-state index is 0.754. The molecule has 1 aromatic heterocycles. The van der Waals surface area contributed by atoms with Gasteiger partial charge in [-0.25, -0.2) is 0 Å². The predicted molar refractivity (Wildman–Crippen MR) is 73.2 cm³/mol. The van der Waals surface area contributed by atoms with E-state index in [0.29, 0.717) is 0 Å². The summed E-state index contributed by atoms with van der Waals surface area (Å²) in [5, 5.41) is 4.55. The monoisotopic (exact) mass is 237 g/mol. The molecule has 0 amide bonds. The van der Waals surface area contributed by atoms with Gasteiger partial charge in [0.25, 0.3) is 0 Å². The normalized spacial score (nSPS) is 10.9. The van der Waals surface area contributed by atoms with Gasteiger partial charge in [-0.05, 0) is 17.7 Å². The van der Waals surface area contributed by atoms with Gasteiger partial charge in [-0.15, -0.1) is 0 Å². The molecular formula is C16H15NO. The summed E-state index contributed by atoms with van der Waals surface area (Å²) >= 11 is 0. The number of hydrogen-bond acceptors (Lipinski definition) is 2.